The van der Waals surface area contributed by atoms with Gasteiger partial charge in [0.05, 0.1) is 5.52 Å². The van der Waals surface area contributed by atoms with Gasteiger partial charge in [0.1, 0.15) is 5.75 Å². The molecule has 0 aliphatic heterocycles. The zero-order valence-electron chi connectivity index (χ0n) is 19.5. The van der Waals surface area contributed by atoms with E-state index in [-0.39, 0.29) is 21.7 Å². The number of carbonyl (C=O) groups is 1. The zero-order chi connectivity index (χ0) is 27.1. The average Bonchev–Trinajstić information content (AvgIpc) is 3.14. The van der Waals surface area contributed by atoms with Crippen molar-refractivity contribution in [2.24, 2.45) is 7.05 Å². The van der Waals surface area contributed by atoms with Crippen molar-refractivity contribution in [3.63, 3.8) is 0 Å². The predicted octanol–water partition coefficient (Wildman–Crippen LogP) is 5.47. The number of fused-ring (bicyclic) bond motifs is 1. The number of carboxylic acids is 1. The molecule has 4 rings (SSSR count). The maximum absolute atomic E-state index is 14.4. The summed E-state index contributed by atoms with van der Waals surface area (Å²) in [5.41, 5.74) is -2.27. The molecule has 0 bridgehead atoms. The van der Waals surface area contributed by atoms with Crippen molar-refractivity contribution in [1.29, 1.82) is 0 Å². The first-order valence-electron chi connectivity index (χ1n) is 11.0. The molecule has 0 amide bonds. The van der Waals surface area contributed by atoms with Gasteiger partial charge in [-0.15, -0.1) is 0 Å². The van der Waals surface area contributed by atoms with E-state index in [0.717, 1.165) is 16.7 Å². The van der Waals surface area contributed by atoms with Crippen molar-refractivity contribution in [3.8, 4) is 16.9 Å². The molecule has 4 aromatic rings. The van der Waals surface area contributed by atoms with Gasteiger partial charge in [0, 0.05) is 18.0 Å². The highest BCUT2D eigenvalue weighted by Crippen LogP contribution is 2.50. The molecular weight excluding hydrogens is 515 g/mol. The van der Waals surface area contributed by atoms with Gasteiger partial charge in [-0.25, -0.2) is 9.59 Å². The molecule has 0 radical (unpaired) electrons. The van der Waals surface area contributed by atoms with E-state index in [2.05, 4.69) is 0 Å². The van der Waals surface area contributed by atoms with Gasteiger partial charge in [0.25, 0.3) is 0 Å². The molecule has 0 saturated heterocycles. The van der Waals surface area contributed by atoms with Crippen LogP contribution >= 0.6 is 11.6 Å². The molecule has 2 N–H and O–H groups in total. The minimum Gasteiger partial charge on any atom is -0.482 e. The molecule has 0 fully saturated rings. The maximum Gasteiger partial charge on any atom is 0.422 e. The monoisotopic (exact) mass is 535 g/mol. The molecule has 3 aromatic carbocycles. The Kier molecular flexibility index (Phi) is 6.83. The Hall–Kier alpha value is -3.76. The summed E-state index contributed by atoms with van der Waals surface area (Å²) in [7, 11) is 1.36. The molecule has 1 heterocycles. The molecular formula is C26H21ClF3NO6. The summed E-state index contributed by atoms with van der Waals surface area (Å²) in [6.07, 6.45) is -5.09. The van der Waals surface area contributed by atoms with Crippen LogP contribution in [-0.2, 0) is 17.4 Å². The second-order valence-corrected chi connectivity index (χ2v) is 8.95. The van der Waals surface area contributed by atoms with Gasteiger partial charge in [-0.1, -0.05) is 48.9 Å². The standard InChI is InChI=1S/C26H21ClF3NO6/c1-14(25(35,26(28,29)30)17-6-10-22-21(12-17)31(2)24(34)37-22)19-9-5-16(11-20(19)27)15-3-7-18(8-4-15)36-13-23(32)33/h3-12,14,35H,13H2,1-2H3,(H,32,33)/t14-,25-/m1/s1. The number of ether oxygens (including phenoxy) is 1. The van der Waals surface area contributed by atoms with Gasteiger partial charge in [-0.3, -0.25) is 4.57 Å². The number of rotatable bonds is 7. The maximum atomic E-state index is 14.4. The molecule has 1 aromatic heterocycles. The van der Waals surface area contributed by atoms with Crippen LogP contribution in [0.4, 0.5) is 13.2 Å². The molecule has 0 saturated carbocycles. The number of carboxylic acid groups (broad SMARTS) is 1. The van der Waals surface area contributed by atoms with Crippen molar-refractivity contribution < 1.29 is 37.3 Å². The number of benzene rings is 3. The highest BCUT2D eigenvalue weighted by Gasteiger charge is 2.59. The van der Waals surface area contributed by atoms with Gasteiger partial charge in [0.15, 0.2) is 17.8 Å². The quantitative estimate of drug-likeness (QED) is 0.325. The number of nitrogens with zero attached hydrogens (tertiary/aromatic N) is 1. The Labute approximate surface area is 213 Å². The molecule has 2 atom stereocenters. The number of hydrogen-bond acceptors (Lipinski definition) is 5. The van der Waals surface area contributed by atoms with Crippen molar-refractivity contribution in [3.05, 3.63) is 87.4 Å². The minimum absolute atomic E-state index is 0.00988. The number of aryl methyl sites for hydroxylation is 1. The summed E-state index contributed by atoms with van der Waals surface area (Å²) in [5, 5.41) is 19.9. The van der Waals surface area contributed by atoms with E-state index in [9.17, 15) is 27.9 Å². The number of aliphatic carboxylic acids is 1. The van der Waals surface area contributed by atoms with Crippen LogP contribution in [0, 0.1) is 0 Å². The smallest absolute Gasteiger partial charge is 0.422 e. The van der Waals surface area contributed by atoms with Gasteiger partial charge in [-0.05, 0) is 52.6 Å². The van der Waals surface area contributed by atoms with Crippen LogP contribution < -0.4 is 10.5 Å². The lowest BCUT2D eigenvalue weighted by molar-refractivity contribution is -0.274. The second kappa shape index (κ2) is 9.60. The van der Waals surface area contributed by atoms with Crippen molar-refractivity contribution in [2.45, 2.75) is 24.6 Å². The van der Waals surface area contributed by atoms with Gasteiger partial charge in [0.2, 0.25) is 0 Å². The fraction of sp³-hybridized carbons (Fsp3) is 0.231. The van der Waals surface area contributed by atoms with Crippen LogP contribution in [0.3, 0.4) is 0 Å². The Bertz CT molecular complexity index is 1530. The number of halogens is 4. The number of aliphatic hydroxyl groups is 1. The van der Waals surface area contributed by atoms with Crippen molar-refractivity contribution in [1.82, 2.24) is 4.57 Å². The van der Waals surface area contributed by atoms with E-state index in [1.807, 2.05) is 0 Å². The third-order valence-electron chi connectivity index (χ3n) is 6.31. The highest BCUT2D eigenvalue weighted by molar-refractivity contribution is 6.31. The van der Waals surface area contributed by atoms with Gasteiger partial charge in [-0.2, -0.15) is 13.2 Å². The number of aromatic nitrogens is 1. The molecule has 11 heteroatoms. The summed E-state index contributed by atoms with van der Waals surface area (Å²) in [6.45, 7) is 0.727. The number of alkyl halides is 3. The summed E-state index contributed by atoms with van der Waals surface area (Å²) in [6, 6.07) is 14.3. The van der Waals surface area contributed by atoms with Gasteiger partial charge < -0.3 is 19.4 Å². The van der Waals surface area contributed by atoms with Crippen LogP contribution in [0.2, 0.25) is 5.02 Å². The van der Waals surface area contributed by atoms with Gasteiger partial charge >= 0.3 is 17.9 Å². The Balaban J connectivity index is 1.70. The number of oxazole rings is 1. The normalized spacial score (nSPS) is 14.4. The third-order valence-corrected chi connectivity index (χ3v) is 6.63. The van der Waals surface area contributed by atoms with Crippen LogP contribution in [-0.4, -0.2) is 33.5 Å². The average molecular weight is 536 g/mol. The molecule has 0 unspecified atom stereocenters. The van der Waals surface area contributed by atoms with E-state index in [1.54, 1.807) is 30.3 Å². The summed E-state index contributed by atoms with van der Waals surface area (Å²) in [5.74, 6) is -3.05. The van der Waals surface area contributed by atoms with E-state index in [0.29, 0.717) is 16.9 Å². The zero-order valence-corrected chi connectivity index (χ0v) is 20.3. The first kappa shape index (κ1) is 26.3. The largest absolute Gasteiger partial charge is 0.482 e. The fourth-order valence-electron chi connectivity index (χ4n) is 4.19. The Morgan fingerprint density at radius 1 is 1.08 bits per heavy atom. The van der Waals surface area contributed by atoms with Crippen LogP contribution in [0.5, 0.6) is 5.75 Å². The topological polar surface area (TPSA) is 102 Å². The first-order chi connectivity index (χ1) is 17.3. The summed E-state index contributed by atoms with van der Waals surface area (Å²) >= 11 is 6.43. The lowest BCUT2D eigenvalue weighted by Crippen LogP contribution is -2.46. The molecule has 0 aliphatic rings. The van der Waals surface area contributed by atoms with Crippen molar-refractivity contribution in [2.75, 3.05) is 6.61 Å². The lowest BCUT2D eigenvalue weighted by atomic mass is 9.77. The predicted molar refractivity (Wildman–Crippen MR) is 130 cm³/mol. The fourth-order valence-corrected chi connectivity index (χ4v) is 4.54. The third kappa shape index (κ3) is 4.82. The van der Waals surface area contributed by atoms with Crippen molar-refractivity contribution >= 4 is 28.7 Å². The minimum atomic E-state index is -5.09. The summed E-state index contributed by atoms with van der Waals surface area (Å²) in [4.78, 5) is 22.4. The molecule has 194 valence electrons. The van der Waals surface area contributed by atoms with E-state index >= 15 is 0 Å². The van der Waals surface area contributed by atoms with Crippen LogP contribution in [0.15, 0.2) is 69.9 Å². The first-order valence-corrected chi connectivity index (χ1v) is 11.3. The molecule has 7 nitrogen and oxygen atoms in total. The van der Waals surface area contributed by atoms with E-state index in [4.69, 9.17) is 25.9 Å². The highest BCUT2D eigenvalue weighted by atomic mass is 35.5. The molecule has 0 aliphatic carbocycles. The molecule has 0 spiro atoms. The van der Waals surface area contributed by atoms with Crippen LogP contribution in [0.1, 0.15) is 24.0 Å². The van der Waals surface area contributed by atoms with E-state index in [1.165, 1.54) is 32.2 Å². The van der Waals surface area contributed by atoms with E-state index < -0.39 is 41.6 Å². The Morgan fingerprint density at radius 2 is 1.73 bits per heavy atom. The van der Waals surface area contributed by atoms with Crippen LogP contribution in [0.25, 0.3) is 22.2 Å². The Morgan fingerprint density at radius 3 is 2.32 bits per heavy atom. The molecule has 37 heavy (non-hydrogen) atoms. The summed E-state index contributed by atoms with van der Waals surface area (Å²) < 4.78 is 54.4. The second-order valence-electron chi connectivity index (χ2n) is 8.54. The lowest BCUT2D eigenvalue weighted by Gasteiger charge is -2.37. The number of hydrogen-bond donors (Lipinski definition) is 2. The SMILES string of the molecule is C[C@H](c1ccc(-c2ccc(OCC(=O)O)cc2)cc1Cl)[C@@](O)(c1ccc2oc(=O)n(C)c2c1)C(F)(F)F.